The Kier molecular flexibility index (Phi) is 2.22. The largest absolute Gasteiger partial charge is 0.382 e. The van der Waals surface area contributed by atoms with Crippen molar-refractivity contribution in [3.63, 3.8) is 0 Å². The Hall–Kier alpha value is -1.05. The van der Waals surface area contributed by atoms with Crippen LogP contribution < -0.4 is 5.32 Å². The number of benzene rings is 1. The molecule has 1 aliphatic rings. The molecule has 1 atom stereocenters. The molecule has 14 heavy (non-hydrogen) atoms. The molecule has 1 aromatic rings. The highest BCUT2D eigenvalue weighted by Crippen LogP contribution is 2.28. The van der Waals surface area contributed by atoms with Crippen LogP contribution in [0, 0.1) is 6.92 Å². The molecule has 1 unspecified atom stereocenters. The van der Waals surface area contributed by atoms with Crippen molar-refractivity contribution in [2.75, 3.05) is 11.9 Å². The first-order chi connectivity index (χ1) is 6.57. The number of fused-ring (bicyclic) bond motifs is 1. The van der Waals surface area contributed by atoms with Crippen molar-refractivity contribution in [2.24, 2.45) is 0 Å². The highest BCUT2D eigenvalue weighted by Gasteiger charge is 2.26. The minimum Gasteiger partial charge on any atom is -0.382 e. The maximum Gasteiger partial charge on any atom is 0.125 e. The number of halogens is 1. The molecule has 1 N–H and O–H groups in total. The number of rotatable bonds is 0. The topological polar surface area (TPSA) is 12.0 Å². The molecule has 2 heteroatoms. The maximum absolute atomic E-state index is 13.7. The van der Waals surface area contributed by atoms with Crippen LogP contribution in [0.25, 0.3) is 0 Å². The van der Waals surface area contributed by atoms with Crippen LogP contribution in [-0.4, -0.2) is 12.2 Å². The van der Waals surface area contributed by atoms with Crippen molar-refractivity contribution in [1.29, 1.82) is 0 Å². The van der Waals surface area contributed by atoms with E-state index in [1.807, 2.05) is 0 Å². The summed E-state index contributed by atoms with van der Waals surface area (Å²) in [4.78, 5) is 0. The first-order valence-electron chi connectivity index (χ1n) is 5.09. The van der Waals surface area contributed by atoms with Gasteiger partial charge in [-0.15, -0.1) is 0 Å². The number of hydrogen-bond donors (Lipinski definition) is 1. The van der Waals surface area contributed by atoms with E-state index in [0.717, 1.165) is 12.1 Å². The molecular weight excluding hydrogens is 177 g/mol. The van der Waals surface area contributed by atoms with Gasteiger partial charge in [-0.2, -0.15) is 0 Å². The summed E-state index contributed by atoms with van der Waals surface area (Å²) >= 11 is 0. The number of nitrogens with one attached hydrogen (secondary N) is 1. The van der Waals surface area contributed by atoms with E-state index in [2.05, 4.69) is 30.4 Å². The zero-order valence-corrected chi connectivity index (χ0v) is 8.73. The van der Waals surface area contributed by atoms with Gasteiger partial charge in [0, 0.05) is 12.2 Å². The molecule has 0 saturated carbocycles. The monoisotopic (exact) mass is 193 g/mol. The van der Waals surface area contributed by atoms with Gasteiger partial charge in [-0.05, 0) is 43.9 Å². The summed E-state index contributed by atoms with van der Waals surface area (Å²) in [5.41, 5.74) is 2.48. The number of anilines is 1. The summed E-state index contributed by atoms with van der Waals surface area (Å²) < 4.78 is 13.7. The zero-order valence-electron chi connectivity index (χ0n) is 8.73. The van der Waals surface area contributed by atoms with Gasteiger partial charge in [0.15, 0.2) is 0 Å². The molecule has 0 fully saturated rings. The number of hydrogen-bond acceptors (Lipinski definition) is 1. The molecule has 0 radical (unpaired) electrons. The number of aryl methyl sites for hydroxylation is 2. The molecule has 76 valence electrons. The van der Waals surface area contributed by atoms with E-state index >= 15 is 0 Å². The van der Waals surface area contributed by atoms with Gasteiger partial charge >= 0.3 is 0 Å². The predicted molar refractivity (Wildman–Crippen MR) is 57.5 cm³/mol. The Morgan fingerprint density at radius 2 is 2.21 bits per heavy atom. The van der Waals surface area contributed by atoms with E-state index in [4.69, 9.17) is 0 Å². The van der Waals surface area contributed by atoms with E-state index in [-0.39, 0.29) is 0 Å². The summed E-state index contributed by atoms with van der Waals surface area (Å²) in [5, 5.41) is 3.18. The van der Waals surface area contributed by atoms with Crippen molar-refractivity contribution in [1.82, 2.24) is 0 Å². The van der Waals surface area contributed by atoms with Crippen LogP contribution in [-0.2, 0) is 6.42 Å². The van der Waals surface area contributed by atoms with Gasteiger partial charge < -0.3 is 5.32 Å². The SMILES string of the molecule is Cc1ccc2c(c1)NCC(C)(F)CC2. The average molecular weight is 193 g/mol. The summed E-state index contributed by atoms with van der Waals surface area (Å²) in [5.74, 6) is 0. The summed E-state index contributed by atoms with van der Waals surface area (Å²) in [6.45, 7) is 4.14. The van der Waals surface area contributed by atoms with Gasteiger partial charge in [-0.3, -0.25) is 0 Å². The molecule has 0 aliphatic carbocycles. The lowest BCUT2D eigenvalue weighted by Gasteiger charge is -2.17. The lowest BCUT2D eigenvalue weighted by atomic mass is 10.00. The highest BCUT2D eigenvalue weighted by atomic mass is 19.1. The van der Waals surface area contributed by atoms with Gasteiger partial charge in [-0.25, -0.2) is 4.39 Å². The minimum absolute atomic E-state index is 0.420. The molecule has 1 heterocycles. The van der Waals surface area contributed by atoms with Crippen LogP contribution in [0.4, 0.5) is 10.1 Å². The van der Waals surface area contributed by atoms with Crippen molar-refractivity contribution in [2.45, 2.75) is 32.4 Å². The van der Waals surface area contributed by atoms with E-state index in [9.17, 15) is 4.39 Å². The second-order valence-electron chi connectivity index (χ2n) is 4.43. The summed E-state index contributed by atoms with van der Waals surface area (Å²) in [6.07, 6.45) is 1.44. The lowest BCUT2D eigenvalue weighted by Crippen LogP contribution is -2.27. The quantitative estimate of drug-likeness (QED) is 0.667. The molecule has 0 aromatic heterocycles. The molecule has 0 spiro atoms. The average Bonchev–Trinajstić information content (AvgIpc) is 2.26. The second kappa shape index (κ2) is 3.26. The lowest BCUT2D eigenvalue weighted by molar-refractivity contribution is 0.195. The molecular formula is C12H16FN. The Balaban J connectivity index is 2.30. The second-order valence-corrected chi connectivity index (χ2v) is 4.43. The van der Waals surface area contributed by atoms with Crippen LogP contribution in [0.2, 0.25) is 0 Å². The van der Waals surface area contributed by atoms with Gasteiger partial charge in [0.05, 0.1) is 0 Å². The van der Waals surface area contributed by atoms with Crippen LogP contribution in [0.5, 0.6) is 0 Å². The Bertz CT molecular complexity index is 344. The normalized spacial score (nSPS) is 26.2. The van der Waals surface area contributed by atoms with E-state index in [0.29, 0.717) is 13.0 Å². The third-order valence-corrected chi connectivity index (χ3v) is 2.83. The van der Waals surface area contributed by atoms with Gasteiger partial charge in [0.1, 0.15) is 5.67 Å². The van der Waals surface area contributed by atoms with Crippen molar-refractivity contribution in [3.8, 4) is 0 Å². The number of alkyl halides is 1. The van der Waals surface area contributed by atoms with E-state index < -0.39 is 5.67 Å². The molecule has 0 saturated heterocycles. The fourth-order valence-corrected chi connectivity index (χ4v) is 1.84. The standard InChI is InChI=1S/C12H16FN/c1-9-3-4-10-5-6-12(2,13)8-14-11(10)7-9/h3-4,7,14H,5-6,8H2,1-2H3. The third-order valence-electron chi connectivity index (χ3n) is 2.83. The van der Waals surface area contributed by atoms with Gasteiger partial charge in [0.2, 0.25) is 0 Å². The van der Waals surface area contributed by atoms with Crippen molar-refractivity contribution >= 4 is 5.69 Å². The Labute approximate surface area is 84.3 Å². The van der Waals surface area contributed by atoms with Crippen LogP contribution in [0.1, 0.15) is 24.5 Å². The molecule has 1 nitrogen and oxygen atoms in total. The van der Waals surface area contributed by atoms with Gasteiger partial charge in [0.25, 0.3) is 0 Å². The first kappa shape index (κ1) is 9.50. The van der Waals surface area contributed by atoms with E-state index in [1.165, 1.54) is 11.1 Å². The summed E-state index contributed by atoms with van der Waals surface area (Å²) in [7, 11) is 0. The molecule has 1 aromatic carbocycles. The Morgan fingerprint density at radius 3 is 3.00 bits per heavy atom. The van der Waals surface area contributed by atoms with E-state index in [1.54, 1.807) is 6.92 Å². The van der Waals surface area contributed by atoms with Crippen molar-refractivity contribution in [3.05, 3.63) is 29.3 Å². The highest BCUT2D eigenvalue weighted by molar-refractivity contribution is 5.54. The molecule has 0 bridgehead atoms. The Morgan fingerprint density at radius 1 is 1.43 bits per heavy atom. The molecule has 0 amide bonds. The van der Waals surface area contributed by atoms with Crippen LogP contribution in [0.3, 0.4) is 0 Å². The van der Waals surface area contributed by atoms with Gasteiger partial charge in [-0.1, -0.05) is 12.1 Å². The van der Waals surface area contributed by atoms with Crippen molar-refractivity contribution < 1.29 is 4.39 Å². The fourth-order valence-electron chi connectivity index (χ4n) is 1.84. The zero-order chi connectivity index (χ0) is 10.2. The third kappa shape index (κ3) is 1.89. The predicted octanol–water partition coefficient (Wildman–Crippen LogP) is 3.08. The maximum atomic E-state index is 13.7. The minimum atomic E-state index is -1.08. The van der Waals surface area contributed by atoms with Crippen LogP contribution >= 0.6 is 0 Å². The first-order valence-corrected chi connectivity index (χ1v) is 5.09. The molecule has 2 rings (SSSR count). The smallest absolute Gasteiger partial charge is 0.125 e. The fraction of sp³-hybridized carbons (Fsp3) is 0.500. The molecule has 1 aliphatic heterocycles. The summed E-state index contributed by atoms with van der Waals surface area (Å²) in [6, 6.07) is 6.28. The van der Waals surface area contributed by atoms with Crippen LogP contribution in [0.15, 0.2) is 18.2 Å².